The number of amides is 1. The van der Waals surface area contributed by atoms with E-state index in [2.05, 4.69) is 42.1 Å². The predicted molar refractivity (Wildman–Crippen MR) is 134 cm³/mol. The number of pyridine rings is 1. The van der Waals surface area contributed by atoms with E-state index in [1.165, 1.54) is 4.90 Å². The maximum Gasteiger partial charge on any atom is 0.436 e. The first-order chi connectivity index (χ1) is 18.7. The molecular formula is C25H29F4N9O. The Morgan fingerprint density at radius 1 is 1.21 bits per heavy atom. The number of fused-ring (bicyclic) bond motifs is 1. The van der Waals surface area contributed by atoms with Crippen molar-refractivity contribution >= 4 is 12.2 Å². The Morgan fingerprint density at radius 3 is 2.69 bits per heavy atom. The molecule has 10 nitrogen and oxygen atoms in total. The highest BCUT2D eigenvalue weighted by molar-refractivity contribution is 5.94. The summed E-state index contributed by atoms with van der Waals surface area (Å²) in [7, 11) is 0. The first kappa shape index (κ1) is 25.8. The van der Waals surface area contributed by atoms with Gasteiger partial charge in [-0.1, -0.05) is 0 Å². The van der Waals surface area contributed by atoms with E-state index < -0.39 is 29.2 Å². The third-order valence-electron chi connectivity index (χ3n) is 8.12. The normalized spacial score (nSPS) is 24.8. The van der Waals surface area contributed by atoms with Gasteiger partial charge in [-0.25, -0.2) is 19.8 Å². The summed E-state index contributed by atoms with van der Waals surface area (Å²) in [4.78, 5) is 24.2. The fourth-order valence-corrected chi connectivity index (χ4v) is 5.92. The number of likely N-dealkylation sites (tertiary alicyclic amines) is 2. The van der Waals surface area contributed by atoms with Crippen molar-refractivity contribution in [2.75, 3.05) is 39.3 Å². The molecular weight excluding hydrogens is 518 g/mol. The largest absolute Gasteiger partial charge is 0.436 e. The summed E-state index contributed by atoms with van der Waals surface area (Å²) in [5.41, 5.74) is 10.2. The summed E-state index contributed by atoms with van der Waals surface area (Å²) in [5, 5.41) is 8.51. The van der Waals surface area contributed by atoms with Gasteiger partial charge in [0.2, 0.25) is 0 Å². The van der Waals surface area contributed by atoms with E-state index in [1.54, 1.807) is 6.34 Å². The van der Waals surface area contributed by atoms with Crippen LogP contribution < -0.4 is 21.8 Å². The Bertz CT molecular complexity index is 1280. The number of hydrazine groups is 1. The topological polar surface area (TPSA) is 114 Å². The van der Waals surface area contributed by atoms with Crippen LogP contribution in [0.25, 0.3) is 0 Å². The van der Waals surface area contributed by atoms with E-state index in [0.29, 0.717) is 39.0 Å². The van der Waals surface area contributed by atoms with E-state index in [1.807, 2.05) is 12.3 Å². The van der Waals surface area contributed by atoms with Crippen molar-refractivity contribution < 1.29 is 22.4 Å². The lowest BCUT2D eigenvalue weighted by atomic mass is 9.85. The molecule has 2 fully saturated rings. The highest BCUT2D eigenvalue weighted by Crippen LogP contribution is 2.36. The lowest BCUT2D eigenvalue weighted by Gasteiger charge is -2.57. The van der Waals surface area contributed by atoms with Crippen molar-refractivity contribution in [3.8, 4) is 0 Å². The number of rotatable bonds is 5. The zero-order valence-corrected chi connectivity index (χ0v) is 21.0. The molecule has 1 unspecified atom stereocenters. The predicted octanol–water partition coefficient (Wildman–Crippen LogP) is 0.890. The molecule has 208 valence electrons. The average molecular weight is 548 g/mol. The van der Waals surface area contributed by atoms with Crippen LogP contribution in [0.5, 0.6) is 0 Å². The number of piperidine rings is 1. The van der Waals surface area contributed by atoms with Gasteiger partial charge < -0.3 is 26.3 Å². The molecule has 6 rings (SSSR count). The van der Waals surface area contributed by atoms with Crippen LogP contribution in [0.3, 0.4) is 0 Å². The van der Waals surface area contributed by atoms with Crippen molar-refractivity contribution in [2.45, 2.75) is 36.8 Å². The van der Waals surface area contributed by atoms with E-state index >= 15 is 0 Å². The van der Waals surface area contributed by atoms with E-state index in [-0.39, 0.29) is 17.7 Å². The zero-order chi connectivity index (χ0) is 27.4. The molecule has 0 radical (unpaired) electrons. The van der Waals surface area contributed by atoms with Crippen LogP contribution in [0.15, 0.2) is 52.6 Å². The van der Waals surface area contributed by atoms with Gasteiger partial charge in [0.05, 0.1) is 23.1 Å². The summed E-state index contributed by atoms with van der Waals surface area (Å²) in [6.07, 6.45) is 4.85. The Hall–Kier alpha value is -3.49. The maximum atomic E-state index is 14.4. The van der Waals surface area contributed by atoms with Gasteiger partial charge in [-0.2, -0.15) is 13.2 Å². The van der Waals surface area contributed by atoms with Crippen molar-refractivity contribution in [3.63, 3.8) is 0 Å². The summed E-state index contributed by atoms with van der Waals surface area (Å²) >= 11 is 0. The van der Waals surface area contributed by atoms with E-state index in [4.69, 9.17) is 5.73 Å². The van der Waals surface area contributed by atoms with Crippen molar-refractivity contribution in [1.82, 2.24) is 35.9 Å². The monoisotopic (exact) mass is 547 g/mol. The summed E-state index contributed by atoms with van der Waals surface area (Å²) < 4.78 is 53.5. The molecule has 5 N–H and O–H groups in total. The Morgan fingerprint density at radius 2 is 1.97 bits per heavy atom. The van der Waals surface area contributed by atoms with E-state index in [9.17, 15) is 22.4 Å². The summed E-state index contributed by atoms with van der Waals surface area (Å²) in [6.45, 7) is 3.20. The quantitative estimate of drug-likeness (QED) is 0.402. The third-order valence-corrected chi connectivity index (χ3v) is 8.12. The number of carbonyl (C=O) groups excluding carboxylic acids is 1. The number of hydrogen-bond donors (Lipinski definition) is 4. The summed E-state index contributed by atoms with van der Waals surface area (Å²) in [6, 6.07) is 1.20. The molecule has 0 aromatic carbocycles. The Labute approximate surface area is 222 Å². The minimum absolute atomic E-state index is 0.0228. The maximum absolute atomic E-state index is 14.4. The Kier molecular flexibility index (Phi) is 6.35. The first-order valence-electron chi connectivity index (χ1n) is 12.8. The molecule has 0 spiro atoms. The van der Waals surface area contributed by atoms with Crippen LogP contribution in [0.4, 0.5) is 17.6 Å². The lowest BCUT2D eigenvalue weighted by Crippen LogP contribution is -2.75. The molecule has 14 heteroatoms. The van der Waals surface area contributed by atoms with Crippen LogP contribution in [0.1, 0.15) is 28.9 Å². The third kappa shape index (κ3) is 4.45. The van der Waals surface area contributed by atoms with Gasteiger partial charge in [0.15, 0.2) is 11.5 Å². The molecule has 1 atom stereocenters. The van der Waals surface area contributed by atoms with Gasteiger partial charge in [-0.3, -0.25) is 9.69 Å². The number of hydrogen-bond acceptors (Lipinski definition) is 9. The van der Waals surface area contributed by atoms with Crippen LogP contribution >= 0.6 is 0 Å². The zero-order valence-electron chi connectivity index (χ0n) is 21.0. The lowest BCUT2D eigenvalue weighted by molar-refractivity contribution is -0.143. The van der Waals surface area contributed by atoms with E-state index in [0.717, 1.165) is 42.2 Å². The summed E-state index contributed by atoms with van der Waals surface area (Å²) in [5.74, 6) is -2.37. The average Bonchev–Trinajstić information content (AvgIpc) is 3.58. The van der Waals surface area contributed by atoms with Crippen molar-refractivity contribution in [1.29, 1.82) is 0 Å². The minimum Gasteiger partial charge on any atom is -0.368 e. The molecule has 0 bridgehead atoms. The minimum atomic E-state index is -4.97. The number of aromatic nitrogens is 1. The second-order valence-electron chi connectivity index (χ2n) is 10.4. The molecule has 1 aromatic rings. The highest BCUT2D eigenvalue weighted by Gasteiger charge is 2.50. The smallest absolute Gasteiger partial charge is 0.368 e. The van der Waals surface area contributed by atoms with Crippen molar-refractivity contribution in [2.24, 2.45) is 10.7 Å². The number of nitrogens with two attached hydrogens (primary N) is 1. The van der Waals surface area contributed by atoms with Crippen molar-refractivity contribution in [3.05, 3.63) is 64.7 Å². The number of aliphatic imine (C=N–C) groups is 1. The molecule has 39 heavy (non-hydrogen) atoms. The molecule has 1 amide bonds. The molecule has 6 heterocycles. The standard InChI is InChI=1S/C25H29F4N9O/c26-19-17(1-5-31-21(19)25(27,28)29)23(39)36-7-3-16(4-8-36)37-12-24(11-30,13-37)38-10-15(9-35-38)20-18-2-6-32-22(18)34-14-33-20/h1-2,5-6,10,14,16,22,32,35H,3-4,7-9,11-13,30H2,(H,33,34). The first-order valence-corrected chi connectivity index (χ1v) is 12.8. The second kappa shape index (κ2) is 9.61. The highest BCUT2D eigenvalue weighted by atomic mass is 19.4. The SMILES string of the molecule is NCC1(N2C=C(C3=C4C=CNC4NC=N3)CN2)CN(C2CCN(C(=O)c3ccnc(C(F)(F)F)c3F)CC2)C1. The number of carbonyl (C=O) groups is 1. The van der Waals surface area contributed by atoms with Crippen LogP contribution in [-0.4, -0.2) is 89.1 Å². The fourth-order valence-electron chi connectivity index (χ4n) is 5.92. The van der Waals surface area contributed by atoms with Crippen LogP contribution in [0, 0.1) is 5.82 Å². The number of nitrogens with zero attached hydrogens (tertiary/aromatic N) is 5. The molecule has 2 saturated heterocycles. The van der Waals surface area contributed by atoms with Gasteiger partial charge in [-0.05, 0) is 31.2 Å². The number of nitrogens with one attached hydrogen (secondary N) is 3. The molecule has 5 aliphatic rings. The van der Waals surface area contributed by atoms with Crippen LogP contribution in [0.2, 0.25) is 0 Å². The second-order valence-corrected chi connectivity index (χ2v) is 10.4. The molecule has 0 saturated carbocycles. The Balaban J connectivity index is 1.07. The fraction of sp³-hybridized carbons (Fsp3) is 0.480. The van der Waals surface area contributed by atoms with Gasteiger partial charge in [0.1, 0.15) is 6.17 Å². The number of halogens is 4. The molecule has 5 aliphatic heterocycles. The van der Waals surface area contributed by atoms with Gasteiger partial charge in [-0.15, -0.1) is 0 Å². The molecule has 1 aromatic heterocycles. The molecule has 0 aliphatic carbocycles. The van der Waals surface area contributed by atoms with Gasteiger partial charge >= 0.3 is 6.18 Å². The van der Waals surface area contributed by atoms with Gasteiger partial charge in [0, 0.05) is 68.9 Å². The van der Waals surface area contributed by atoms with Gasteiger partial charge in [0.25, 0.3) is 5.91 Å². The number of alkyl halides is 3. The van der Waals surface area contributed by atoms with Crippen LogP contribution in [-0.2, 0) is 6.18 Å².